The number of likely N-dealkylation sites (N-methyl/N-ethyl adjacent to an activating group) is 1. The van der Waals surface area contributed by atoms with Crippen molar-refractivity contribution in [1.82, 2.24) is 19.7 Å². The number of ether oxygens (including phenoxy) is 1. The average molecular weight is 274 g/mol. The molecule has 0 bridgehead atoms. The predicted octanol–water partition coefficient (Wildman–Crippen LogP) is 1.88. The van der Waals surface area contributed by atoms with Gasteiger partial charge in [0.05, 0.1) is 12.3 Å². The first-order chi connectivity index (χ1) is 9.76. The van der Waals surface area contributed by atoms with Gasteiger partial charge in [-0.25, -0.2) is 4.79 Å². The first kappa shape index (κ1) is 14.2. The van der Waals surface area contributed by atoms with Crippen LogP contribution in [0.2, 0.25) is 0 Å². The Morgan fingerprint density at radius 3 is 2.95 bits per heavy atom. The summed E-state index contributed by atoms with van der Waals surface area (Å²) in [5.74, 6) is 0. The van der Waals surface area contributed by atoms with Gasteiger partial charge in [-0.05, 0) is 25.1 Å². The second-order valence-corrected chi connectivity index (χ2v) is 4.24. The fourth-order valence-corrected chi connectivity index (χ4v) is 1.83. The third kappa shape index (κ3) is 3.21. The van der Waals surface area contributed by atoms with Gasteiger partial charge in [-0.1, -0.05) is 0 Å². The molecule has 0 unspecified atom stereocenters. The molecule has 2 aromatic heterocycles. The summed E-state index contributed by atoms with van der Waals surface area (Å²) in [7, 11) is 1.62. The van der Waals surface area contributed by atoms with E-state index in [-0.39, 0.29) is 6.03 Å². The van der Waals surface area contributed by atoms with Gasteiger partial charge in [0.25, 0.3) is 0 Å². The highest BCUT2D eigenvalue weighted by molar-refractivity contribution is 5.76. The highest BCUT2D eigenvalue weighted by Crippen LogP contribution is 2.14. The van der Waals surface area contributed by atoms with Crippen molar-refractivity contribution in [3.05, 3.63) is 36.8 Å². The maximum Gasteiger partial charge on any atom is 0.344 e. The Hall–Kier alpha value is -2.21. The number of hydrogen-bond acceptors (Lipinski definition) is 4. The van der Waals surface area contributed by atoms with Gasteiger partial charge in [-0.3, -0.25) is 4.98 Å². The van der Waals surface area contributed by atoms with E-state index < -0.39 is 0 Å². The summed E-state index contributed by atoms with van der Waals surface area (Å²) in [6, 6.07) is 5.40. The molecule has 0 radical (unpaired) electrons. The number of carbonyl (C=O) groups excluding carboxylic acids is 1. The van der Waals surface area contributed by atoms with E-state index in [1.807, 2.05) is 19.1 Å². The number of methoxy groups -OCH3 is 1. The van der Waals surface area contributed by atoms with E-state index in [0.29, 0.717) is 19.7 Å². The zero-order valence-electron chi connectivity index (χ0n) is 11.7. The van der Waals surface area contributed by atoms with Gasteiger partial charge >= 0.3 is 6.03 Å². The summed E-state index contributed by atoms with van der Waals surface area (Å²) in [6.07, 6.45) is 5.09. The molecule has 1 amide bonds. The van der Waals surface area contributed by atoms with Crippen LogP contribution in [-0.2, 0) is 4.74 Å². The minimum absolute atomic E-state index is 0.153. The molecule has 20 heavy (non-hydrogen) atoms. The smallest absolute Gasteiger partial charge is 0.344 e. The third-order valence-corrected chi connectivity index (χ3v) is 2.96. The predicted molar refractivity (Wildman–Crippen MR) is 75.4 cm³/mol. The molecule has 6 heteroatoms. The SMILES string of the molecule is CCN(CCOC)C(=O)n1ccc(-c2cccnc2)n1. The van der Waals surface area contributed by atoms with Crippen molar-refractivity contribution in [3.8, 4) is 11.3 Å². The Kier molecular flexibility index (Phi) is 4.84. The highest BCUT2D eigenvalue weighted by atomic mass is 16.5. The van der Waals surface area contributed by atoms with Gasteiger partial charge in [0.1, 0.15) is 0 Å². The summed E-state index contributed by atoms with van der Waals surface area (Å²) in [4.78, 5) is 18.0. The lowest BCUT2D eigenvalue weighted by Gasteiger charge is -2.19. The van der Waals surface area contributed by atoms with Crippen molar-refractivity contribution in [1.29, 1.82) is 0 Å². The minimum atomic E-state index is -0.153. The van der Waals surface area contributed by atoms with Crippen LogP contribution in [0.15, 0.2) is 36.8 Å². The molecule has 0 N–H and O–H groups in total. The third-order valence-electron chi connectivity index (χ3n) is 2.96. The van der Waals surface area contributed by atoms with E-state index in [0.717, 1.165) is 11.3 Å². The Bertz CT molecular complexity index is 553. The van der Waals surface area contributed by atoms with Gasteiger partial charge < -0.3 is 9.64 Å². The number of nitrogens with zero attached hydrogens (tertiary/aromatic N) is 4. The zero-order chi connectivity index (χ0) is 14.4. The van der Waals surface area contributed by atoms with Gasteiger partial charge in [0.2, 0.25) is 0 Å². The number of amides is 1. The molecule has 0 aliphatic heterocycles. The van der Waals surface area contributed by atoms with Crippen LogP contribution in [0.3, 0.4) is 0 Å². The number of pyridine rings is 1. The van der Waals surface area contributed by atoms with Crippen LogP contribution in [0, 0.1) is 0 Å². The molecule has 0 saturated carbocycles. The molecule has 0 fully saturated rings. The maximum absolute atomic E-state index is 12.3. The van der Waals surface area contributed by atoms with Crippen molar-refractivity contribution < 1.29 is 9.53 Å². The lowest BCUT2D eigenvalue weighted by Crippen LogP contribution is -2.37. The summed E-state index contributed by atoms with van der Waals surface area (Å²) in [5.41, 5.74) is 1.62. The summed E-state index contributed by atoms with van der Waals surface area (Å²) < 4.78 is 6.35. The maximum atomic E-state index is 12.3. The second-order valence-electron chi connectivity index (χ2n) is 4.24. The van der Waals surface area contributed by atoms with Crippen molar-refractivity contribution in [2.75, 3.05) is 26.8 Å². The first-order valence-corrected chi connectivity index (χ1v) is 6.50. The molecule has 0 aromatic carbocycles. The van der Waals surface area contributed by atoms with Crippen molar-refractivity contribution in [2.24, 2.45) is 0 Å². The lowest BCUT2D eigenvalue weighted by atomic mass is 10.2. The van der Waals surface area contributed by atoms with Gasteiger partial charge in [0, 0.05) is 44.4 Å². The molecule has 0 saturated heterocycles. The van der Waals surface area contributed by atoms with Crippen LogP contribution in [-0.4, -0.2) is 52.5 Å². The number of carbonyl (C=O) groups is 1. The molecular formula is C14H18N4O2. The van der Waals surface area contributed by atoms with E-state index in [1.54, 1.807) is 36.7 Å². The van der Waals surface area contributed by atoms with E-state index in [4.69, 9.17) is 4.74 Å². The molecule has 0 aliphatic rings. The average Bonchev–Trinajstić information content (AvgIpc) is 2.98. The summed E-state index contributed by atoms with van der Waals surface area (Å²) >= 11 is 0. The molecular weight excluding hydrogens is 256 g/mol. The van der Waals surface area contributed by atoms with Gasteiger partial charge in [0.15, 0.2) is 0 Å². The quantitative estimate of drug-likeness (QED) is 0.835. The fraction of sp³-hybridized carbons (Fsp3) is 0.357. The lowest BCUT2D eigenvalue weighted by molar-refractivity contribution is 0.151. The second kappa shape index (κ2) is 6.81. The highest BCUT2D eigenvalue weighted by Gasteiger charge is 2.15. The minimum Gasteiger partial charge on any atom is -0.383 e. The Balaban J connectivity index is 2.13. The Morgan fingerprint density at radius 1 is 1.45 bits per heavy atom. The number of aromatic nitrogens is 3. The van der Waals surface area contributed by atoms with E-state index >= 15 is 0 Å². The van der Waals surface area contributed by atoms with Crippen LogP contribution in [0.1, 0.15) is 6.92 Å². The van der Waals surface area contributed by atoms with Crippen LogP contribution in [0.4, 0.5) is 4.79 Å². The van der Waals surface area contributed by atoms with Crippen molar-refractivity contribution in [2.45, 2.75) is 6.92 Å². The Labute approximate surface area is 118 Å². The molecule has 6 nitrogen and oxygen atoms in total. The first-order valence-electron chi connectivity index (χ1n) is 6.50. The Morgan fingerprint density at radius 2 is 2.30 bits per heavy atom. The van der Waals surface area contributed by atoms with E-state index in [9.17, 15) is 4.79 Å². The monoisotopic (exact) mass is 274 g/mol. The number of hydrogen-bond donors (Lipinski definition) is 0. The number of rotatable bonds is 5. The molecule has 0 spiro atoms. The summed E-state index contributed by atoms with van der Waals surface area (Å²) in [5, 5.41) is 4.30. The van der Waals surface area contributed by atoms with Crippen LogP contribution < -0.4 is 0 Å². The van der Waals surface area contributed by atoms with Crippen LogP contribution >= 0.6 is 0 Å². The zero-order valence-corrected chi connectivity index (χ0v) is 11.7. The van der Waals surface area contributed by atoms with Gasteiger partial charge in [-0.15, -0.1) is 0 Å². The van der Waals surface area contributed by atoms with Crippen LogP contribution in [0.25, 0.3) is 11.3 Å². The molecule has 2 rings (SSSR count). The largest absolute Gasteiger partial charge is 0.383 e. The molecule has 2 heterocycles. The van der Waals surface area contributed by atoms with Crippen molar-refractivity contribution in [3.63, 3.8) is 0 Å². The molecule has 2 aromatic rings. The van der Waals surface area contributed by atoms with Crippen molar-refractivity contribution >= 4 is 6.03 Å². The normalized spacial score (nSPS) is 10.5. The topological polar surface area (TPSA) is 60.2 Å². The summed E-state index contributed by atoms with van der Waals surface area (Å²) in [6.45, 7) is 3.60. The van der Waals surface area contributed by atoms with Crippen LogP contribution in [0.5, 0.6) is 0 Å². The van der Waals surface area contributed by atoms with E-state index in [2.05, 4.69) is 10.1 Å². The van der Waals surface area contributed by atoms with Gasteiger partial charge in [-0.2, -0.15) is 9.78 Å². The molecule has 0 aliphatic carbocycles. The molecule has 106 valence electrons. The van der Waals surface area contributed by atoms with E-state index in [1.165, 1.54) is 4.68 Å². The standard InChI is InChI=1S/C14H18N4O2/c1-3-17(9-10-20-2)14(19)18-8-6-13(16-18)12-5-4-7-15-11-12/h4-8,11H,3,9-10H2,1-2H3. The molecule has 0 atom stereocenters. The fourth-order valence-electron chi connectivity index (χ4n) is 1.83.